The van der Waals surface area contributed by atoms with Crippen molar-refractivity contribution >= 4 is 17.7 Å². The highest BCUT2D eigenvalue weighted by atomic mass is 16.5. The fourth-order valence-electron chi connectivity index (χ4n) is 3.80. The molecule has 0 bridgehead atoms. The minimum absolute atomic E-state index is 0.343. The maximum absolute atomic E-state index is 11.7. The predicted molar refractivity (Wildman–Crippen MR) is 97.7 cm³/mol. The second-order valence-electron chi connectivity index (χ2n) is 7.02. The van der Waals surface area contributed by atoms with Gasteiger partial charge in [-0.2, -0.15) is 4.98 Å². The van der Waals surface area contributed by atoms with E-state index in [0.717, 1.165) is 45.1 Å². The zero-order valence-corrected chi connectivity index (χ0v) is 15.0. The maximum atomic E-state index is 11.7. The minimum Gasteiger partial charge on any atom is -0.379 e. The van der Waals surface area contributed by atoms with E-state index in [4.69, 9.17) is 10.5 Å². The number of carbonyl (C=O) groups is 1. The summed E-state index contributed by atoms with van der Waals surface area (Å²) in [4.78, 5) is 20.5. The smallest absolute Gasteiger partial charge is 0.254 e. The Balaban J connectivity index is 1.64. The number of hydrogen-bond acceptors (Lipinski definition) is 6. The van der Waals surface area contributed by atoms with Crippen LogP contribution in [0.3, 0.4) is 0 Å². The molecule has 2 aliphatic carbocycles. The summed E-state index contributed by atoms with van der Waals surface area (Å²) in [6, 6.07) is 0.706. The number of carbonyl (C=O) groups excluding carboxylic acids is 1. The van der Waals surface area contributed by atoms with Crippen LogP contribution in [-0.2, 0) is 4.74 Å². The molecule has 4 N–H and O–H groups in total. The Morgan fingerprint density at radius 2 is 1.84 bits per heavy atom. The van der Waals surface area contributed by atoms with Gasteiger partial charge in [-0.05, 0) is 45.4 Å². The van der Waals surface area contributed by atoms with Crippen LogP contribution < -0.4 is 16.4 Å². The van der Waals surface area contributed by atoms with Gasteiger partial charge in [0, 0.05) is 24.9 Å². The number of anilines is 2. The number of nitrogens with one attached hydrogen (secondary N) is 2. The lowest BCUT2D eigenvalue weighted by molar-refractivity contribution is 0.0346. The summed E-state index contributed by atoms with van der Waals surface area (Å²) in [6.07, 6.45) is 10.7. The Hall–Kier alpha value is -1.89. The Kier molecular flexibility index (Phi) is 6.07. The van der Waals surface area contributed by atoms with Crippen molar-refractivity contribution in [1.29, 1.82) is 0 Å². The van der Waals surface area contributed by atoms with Crippen molar-refractivity contribution in [3.05, 3.63) is 11.8 Å². The van der Waals surface area contributed by atoms with E-state index in [-0.39, 0.29) is 0 Å². The molecule has 1 aromatic heterocycles. The third kappa shape index (κ3) is 4.81. The molecule has 0 atom stereocenters. The summed E-state index contributed by atoms with van der Waals surface area (Å²) < 4.78 is 5.70. The van der Waals surface area contributed by atoms with Gasteiger partial charge < -0.3 is 21.1 Å². The quantitative estimate of drug-likeness (QED) is 0.701. The summed E-state index contributed by atoms with van der Waals surface area (Å²) in [5.41, 5.74) is 5.83. The molecule has 2 aliphatic rings. The molecule has 0 spiro atoms. The number of nitrogens with zero attached hydrogens (tertiary/aromatic N) is 2. The number of hydrogen-bond donors (Lipinski definition) is 3. The van der Waals surface area contributed by atoms with Gasteiger partial charge in [0.1, 0.15) is 5.82 Å². The second-order valence-corrected chi connectivity index (χ2v) is 7.02. The average Bonchev–Trinajstić information content (AvgIpc) is 3.10. The summed E-state index contributed by atoms with van der Waals surface area (Å²) in [7, 11) is 0. The molecule has 1 aromatic rings. The fraction of sp³-hybridized carbons (Fsp3) is 0.722. The topological polar surface area (TPSA) is 102 Å². The molecule has 1 amide bonds. The highest BCUT2D eigenvalue weighted by molar-refractivity contribution is 5.97. The molecule has 25 heavy (non-hydrogen) atoms. The van der Waals surface area contributed by atoms with Crippen LogP contribution in [0.5, 0.6) is 0 Å². The first kappa shape index (κ1) is 17.9. The molecular weight excluding hydrogens is 318 g/mol. The molecule has 0 saturated heterocycles. The first-order valence-electron chi connectivity index (χ1n) is 9.47. The Morgan fingerprint density at radius 3 is 2.48 bits per heavy atom. The number of nitrogens with two attached hydrogens (primary N) is 1. The second kappa shape index (κ2) is 8.47. The Bertz CT molecular complexity index is 581. The van der Waals surface area contributed by atoms with Crippen LogP contribution in [0, 0.1) is 0 Å². The third-order valence-electron chi connectivity index (χ3n) is 5.16. The van der Waals surface area contributed by atoms with Crippen LogP contribution in [0.1, 0.15) is 68.6 Å². The highest BCUT2D eigenvalue weighted by Crippen LogP contribution is 2.26. The monoisotopic (exact) mass is 347 g/mol. The largest absolute Gasteiger partial charge is 0.379 e. The first-order valence-corrected chi connectivity index (χ1v) is 9.47. The molecule has 138 valence electrons. The lowest BCUT2D eigenvalue weighted by Crippen LogP contribution is -2.30. The van der Waals surface area contributed by atoms with Gasteiger partial charge in [-0.15, -0.1) is 0 Å². The van der Waals surface area contributed by atoms with Crippen molar-refractivity contribution in [3.8, 4) is 0 Å². The molecule has 7 nitrogen and oxygen atoms in total. The molecular formula is C18H29N5O2. The first-order chi connectivity index (χ1) is 12.2. The average molecular weight is 347 g/mol. The molecule has 0 aromatic carbocycles. The van der Waals surface area contributed by atoms with Gasteiger partial charge in [-0.25, -0.2) is 4.98 Å². The summed E-state index contributed by atoms with van der Waals surface area (Å²) in [6.45, 7) is 2.81. The van der Waals surface area contributed by atoms with E-state index in [1.165, 1.54) is 19.0 Å². The molecule has 2 fully saturated rings. The van der Waals surface area contributed by atoms with Crippen LogP contribution in [0.15, 0.2) is 6.20 Å². The molecule has 2 saturated carbocycles. The van der Waals surface area contributed by atoms with E-state index in [1.807, 2.05) is 6.92 Å². The van der Waals surface area contributed by atoms with Crippen molar-refractivity contribution in [2.24, 2.45) is 5.73 Å². The SMILES string of the molecule is CCO[C@H]1CC[C@H](Nc2ncc(C(N)=O)c(NC3CCCC3)n2)CC1. The standard InChI is InChI=1S/C18H29N5O2/c1-2-25-14-9-7-13(8-10-14)22-18-20-11-15(16(19)24)17(23-18)21-12-5-3-4-6-12/h11-14H,2-10H2,1H3,(H2,19,24)(H2,20,21,22,23)/t13-,14-. The van der Waals surface area contributed by atoms with Gasteiger partial charge in [0.15, 0.2) is 0 Å². The lowest BCUT2D eigenvalue weighted by atomic mass is 9.93. The summed E-state index contributed by atoms with van der Waals surface area (Å²) >= 11 is 0. The van der Waals surface area contributed by atoms with E-state index in [0.29, 0.717) is 35.5 Å². The van der Waals surface area contributed by atoms with Gasteiger partial charge in [0.05, 0.1) is 11.7 Å². The summed E-state index contributed by atoms with van der Waals surface area (Å²) in [5.74, 6) is 0.620. The van der Waals surface area contributed by atoms with Gasteiger partial charge >= 0.3 is 0 Å². The van der Waals surface area contributed by atoms with E-state index < -0.39 is 5.91 Å². The molecule has 0 unspecified atom stereocenters. The molecule has 1 heterocycles. The van der Waals surface area contributed by atoms with E-state index in [9.17, 15) is 4.79 Å². The van der Waals surface area contributed by atoms with Crippen molar-refractivity contribution in [3.63, 3.8) is 0 Å². The van der Waals surface area contributed by atoms with Crippen LogP contribution in [0.4, 0.5) is 11.8 Å². The normalized spacial score (nSPS) is 24.2. The van der Waals surface area contributed by atoms with Crippen molar-refractivity contribution in [2.75, 3.05) is 17.2 Å². The van der Waals surface area contributed by atoms with Crippen molar-refractivity contribution in [1.82, 2.24) is 9.97 Å². The zero-order valence-electron chi connectivity index (χ0n) is 15.0. The van der Waals surface area contributed by atoms with Crippen LogP contribution >= 0.6 is 0 Å². The zero-order chi connectivity index (χ0) is 17.6. The van der Waals surface area contributed by atoms with E-state index >= 15 is 0 Å². The molecule has 0 aliphatic heterocycles. The maximum Gasteiger partial charge on any atom is 0.254 e. The number of rotatable bonds is 7. The van der Waals surface area contributed by atoms with Gasteiger partial charge in [-0.1, -0.05) is 12.8 Å². The van der Waals surface area contributed by atoms with E-state index in [1.54, 1.807) is 0 Å². The van der Waals surface area contributed by atoms with Crippen LogP contribution in [-0.4, -0.2) is 40.7 Å². The highest BCUT2D eigenvalue weighted by Gasteiger charge is 2.23. The summed E-state index contributed by atoms with van der Waals surface area (Å²) in [5, 5.41) is 6.79. The molecule has 7 heteroatoms. The minimum atomic E-state index is -0.496. The fourth-order valence-corrected chi connectivity index (χ4v) is 3.80. The number of primary amides is 1. The molecule has 3 rings (SSSR count). The number of aromatic nitrogens is 2. The molecule has 0 radical (unpaired) electrons. The Labute approximate surface area is 149 Å². The third-order valence-corrected chi connectivity index (χ3v) is 5.16. The Morgan fingerprint density at radius 1 is 1.16 bits per heavy atom. The van der Waals surface area contributed by atoms with Gasteiger partial charge in [-0.3, -0.25) is 4.79 Å². The van der Waals surface area contributed by atoms with Crippen molar-refractivity contribution < 1.29 is 9.53 Å². The lowest BCUT2D eigenvalue weighted by Gasteiger charge is -2.29. The van der Waals surface area contributed by atoms with Gasteiger partial charge in [0.25, 0.3) is 5.91 Å². The van der Waals surface area contributed by atoms with E-state index in [2.05, 4.69) is 20.6 Å². The van der Waals surface area contributed by atoms with Crippen LogP contribution in [0.25, 0.3) is 0 Å². The predicted octanol–water partition coefficient (Wildman–Crippen LogP) is 2.69. The number of amides is 1. The van der Waals surface area contributed by atoms with Crippen LogP contribution in [0.2, 0.25) is 0 Å². The van der Waals surface area contributed by atoms with Gasteiger partial charge in [0.2, 0.25) is 5.95 Å². The number of ether oxygens (including phenoxy) is 1. The van der Waals surface area contributed by atoms with Crippen molar-refractivity contribution in [2.45, 2.75) is 76.5 Å².